The van der Waals surface area contributed by atoms with Gasteiger partial charge in [0.1, 0.15) is 0 Å². The molecule has 0 aliphatic carbocycles. The zero-order valence-corrected chi connectivity index (χ0v) is 12.3. The number of para-hydroxylation sites is 1. The number of benzene rings is 1. The van der Waals surface area contributed by atoms with Crippen LogP contribution in [0, 0.1) is 10.1 Å². The number of nitro benzene ring substituents is 1. The van der Waals surface area contributed by atoms with E-state index < -0.39 is 14.9 Å². The van der Waals surface area contributed by atoms with E-state index in [1.807, 2.05) is 0 Å². The molecule has 2 fully saturated rings. The van der Waals surface area contributed by atoms with Crippen molar-refractivity contribution in [1.29, 1.82) is 0 Å². The van der Waals surface area contributed by atoms with Crippen LogP contribution in [0.25, 0.3) is 0 Å². The van der Waals surface area contributed by atoms with Crippen molar-refractivity contribution in [3.8, 4) is 0 Å². The van der Waals surface area contributed by atoms with Crippen LogP contribution in [0.1, 0.15) is 12.8 Å². The summed E-state index contributed by atoms with van der Waals surface area (Å²) in [6.45, 7) is 2.54. The Morgan fingerprint density at radius 2 is 1.95 bits per heavy atom. The van der Waals surface area contributed by atoms with Gasteiger partial charge >= 0.3 is 0 Å². The topological polar surface area (TPSA) is 83.8 Å². The summed E-state index contributed by atoms with van der Waals surface area (Å²) >= 11 is 0. The minimum atomic E-state index is -3.81. The standard InChI is InChI=1S/C13H17N3O4S/c17-16(18)12-5-1-2-6-13(12)21(19,20)15-9-8-14-7-3-4-11(14)10-15/h1-2,5-6,11H,3-4,7-10H2. The Labute approximate surface area is 123 Å². The summed E-state index contributed by atoms with van der Waals surface area (Å²) in [6, 6.07) is 5.79. The summed E-state index contributed by atoms with van der Waals surface area (Å²) in [6.07, 6.45) is 2.08. The van der Waals surface area contributed by atoms with Gasteiger partial charge < -0.3 is 0 Å². The van der Waals surface area contributed by atoms with E-state index >= 15 is 0 Å². The van der Waals surface area contributed by atoms with Crippen molar-refractivity contribution >= 4 is 15.7 Å². The predicted octanol–water partition coefficient (Wildman–Crippen LogP) is 1.06. The van der Waals surface area contributed by atoms with Crippen LogP contribution in [-0.2, 0) is 10.0 Å². The van der Waals surface area contributed by atoms with Gasteiger partial charge in [-0.3, -0.25) is 15.0 Å². The van der Waals surface area contributed by atoms with Crippen molar-refractivity contribution in [3.05, 3.63) is 34.4 Å². The molecule has 2 aliphatic heterocycles. The Hall–Kier alpha value is -1.51. The van der Waals surface area contributed by atoms with Crippen molar-refractivity contribution in [2.75, 3.05) is 26.2 Å². The van der Waals surface area contributed by atoms with E-state index in [2.05, 4.69) is 4.90 Å². The van der Waals surface area contributed by atoms with E-state index in [0.29, 0.717) is 19.6 Å². The Morgan fingerprint density at radius 3 is 2.71 bits per heavy atom. The second-order valence-electron chi connectivity index (χ2n) is 5.42. The van der Waals surface area contributed by atoms with E-state index in [0.717, 1.165) is 19.4 Å². The number of rotatable bonds is 3. The number of hydrogen-bond donors (Lipinski definition) is 0. The normalized spacial score (nSPS) is 23.9. The lowest BCUT2D eigenvalue weighted by Crippen LogP contribution is -2.51. The molecular formula is C13H17N3O4S. The minimum Gasteiger partial charge on any atom is -0.298 e. The van der Waals surface area contributed by atoms with Crippen LogP contribution in [0.2, 0.25) is 0 Å². The van der Waals surface area contributed by atoms with Gasteiger partial charge in [0.15, 0.2) is 4.90 Å². The molecule has 2 heterocycles. The highest BCUT2D eigenvalue weighted by atomic mass is 32.2. The molecule has 2 aliphatic rings. The van der Waals surface area contributed by atoms with Crippen molar-refractivity contribution in [1.82, 2.24) is 9.21 Å². The van der Waals surface area contributed by atoms with Gasteiger partial charge in [0.2, 0.25) is 10.0 Å². The SMILES string of the molecule is O=[N+]([O-])c1ccccc1S(=O)(=O)N1CCN2CCCC2C1. The first kappa shape index (κ1) is 14.4. The van der Waals surface area contributed by atoms with Gasteiger partial charge in [0, 0.05) is 31.7 Å². The molecule has 1 aromatic rings. The lowest BCUT2D eigenvalue weighted by molar-refractivity contribution is -0.387. The zero-order valence-electron chi connectivity index (χ0n) is 11.5. The predicted molar refractivity (Wildman–Crippen MR) is 76.5 cm³/mol. The maximum Gasteiger partial charge on any atom is 0.289 e. The van der Waals surface area contributed by atoms with Crippen molar-refractivity contribution in [2.24, 2.45) is 0 Å². The third-order valence-corrected chi connectivity index (χ3v) is 6.14. The lowest BCUT2D eigenvalue weighted by Gasteiger charge is -2.36. The van der Waals surface area contributed by atoms with E-state index in [1.54, 1.807) is 0 Å². The molecule has 114 valence electrons. The van der Waals surface area contributed by atoms with Crippen LogP contribution in [0.3, 0.4) is 0 Å². The Morgan fingerprint density at radius 1 is 1.19 bits per heavy atom. The average Bonchev–Trinajstić information content (AvgIpc) is 2.94. The molecule has 0 radical (unpaired) electrons. The number of sulfonamides is 1. The second-order valence-corrected chi connectivity index (χ2v) is 7.33. The first-order chi connectivity index (χ1) is 10.00. The lowest BCUT2D eigenvalue weighted by atomic mass is 10.2. The van der Waals surface area contributed by atoms with Gasteiger partial charge in [-0.1, -0.05) is 12.1 Å². The van der Waals surface area contributed by atoms with Crippen LogP contribution in [0.5, 0.6) is 0 Å². The molecule has 0 amide bonds. The van der Waals surface area contributed by atoms with E-state index in [9.17, 15) is 18.5 Å². The van der Waals surface area contributed by atoms with Gasteiger partial charge in [0.25, 0.3) is 5.69 Å². The monoisotopic (exact) mass is 311 g/mol. The fourth-order valence-corrected chi connectivity index (χ4v) is 4.77. The molecule has 7 nitrogen and oxygen atoms in total. The summed E-state index contributed by atoms with van der Waals surface area (Å²) < 4.78 is 26.8. The number of piperazine rings is 1. The molecule has 2 saturated heterocycles. The van der Waals surface area contributed by atoms with E-state index in [1.165, 1.54) is 28.6 Å². The summed E-state index contributed by atoms with van der Waals surface area (Å²) in [5.74, 6) is 0. The van der Waals surface area contributed by atoms with Crippen molar-refractivity contribution in [2.45, 2.75) is 23.8 Å². The molecule has 21 heavy (non-hydrogen) atoms. The quantitative estimate of drug-likeness (QED) is 0.616. The highest BCUT2D eigenvalue weighted by molar-refractivity contribution is 7.89. The maximum atomic E-state index is 12.7. The molecule has 1 aromatic carbocycles. The molecule has 3 rings (SSSR count). The van der Waals surface area contributed by atoms with Gasteiger partial charge in [-0.05, 0) is 25.5 Å². The largest absolute Gasteiger partial charge is 0.298 e. The maximum absolute atomic E-state index is 12.7. The van der Waals surface area contributed by atoms with Gasteiger partial charge in [-0.15, -0.1) is 0 Å². The average molecular weight is 311 g/mol. The van der Waals surface area contributed by atoms with Crippen LogP contribution in [0.4, 0.5) is 5.69 Å². The third kappa shape index (κ3) is 2.54. The zero-order chi connectivity index (χ0) is 15.0. The first-order valence-electron chi connectivity index (χ1n) is 6.98. The Bertz CT molecular complexity index is 661. The summed E-state index contributed by atoms with van der Waals surface area (Å²) in [7, 11) is -3.81. The molecular weight excluding hydrogens is 294 g/mol. The highest BCUT2D eigenvalue weighted by Gasteiger charge is 2.38. The van der Waals surface area contributed by atoms with E-state index in [4.69, 9.17) is 0 Å². The second kappa shape index (κ2) is 5.36. The molecule has 8 heteroatoms. The summed E-state index contributed by atoms with van der Waals surface area (Å²) in [5.41, 5.74) is -0.355. The highest BCUT2D eigenvalue weighted by Crippen LogP contribution is 2.29. The van der Waals surface area contributed by atoms with Gasteiger partial charge in [-0.2, -0.15) is 4.31 Å². The molecule has 0 saturated carbocycles. The van der Waals surface area contributed by atoms with Crippen molar-refractivity contribution in [3.63, 3.8) is 0 Å². The molecule has 0 aromatic heterocycles. The smallest absolute Gasteiger partial charge is 0.289 e. The number of fused-ring (bicyclic) bond motifs is 1. The number of nitro groups is 1. The minimum absolute atomic E-state index is 0.207. The fourth-order valence-electron chi connectivity index (χ4n) is 3.15. The Kier molecular flexibility index (Phi) is 3.68. The molecule has 0 spiro atoms. The number of hydrogen-bond acceptors (Lipinski definition) is 5. The van der Waals surface area contributed by atoms with Crippen LogP contribution in [0.15, 0.2) is 29.2 Å². The van der Waals surface area contributed by atoms with Crippen LogP contribution >= 0.6 is 0 Å². The van der Waals surface area contributed by atoms with Gasteiger partial charge in [0.05, 0.1) is 4.92 Å². The molecule has 0 N–H and O–H groups in total. The van der Waals surface area contributed by atoms with Crippen molar-refractivity contribution < 1.29 is 13.3 Å². The van der Waals surface area contributed by atoms with Gasteiger partial charge in [-0.25, -0.2) is 8.42 Å². The third-order valence-electron chi connectivity index (χ3n) is 4.23. The molecule has 0 bridgehead atoms. The van der Waals surface area contributed by atoms with Crippen LogP contribution < -0.4 is 0 Å². The van der Waals surface area contributed by atoms with Crippen LogP contribution in [-0.4, -0.2) is 54.8 Å². The fraction of sp³-hybridized carbons (Fsp3) is 0.538. The van der Waals surface area contributed by atoms with E-state index in [-0.39, 0.29) is 16.6 Å². The first-order valence-corrected chi connectivity index (χ1v) is 8.42. The molecule has 1 atom stereocenters. The number of nitrogens with zero attached hydrogens (tertiary/aromatic N) is 3. The Balaban J connectivity index is 1.92. The molecule has 1 unspecified atom stereocenters. The summed E-state index contributed by atoms with van der Waals surface area (Å²) in [4.78, 5) is 12.5. The summed E-state index contributed by atoms with van der Waals surface area (Å²) in [5, 5.41) is 11.0.